The van der Waals surface area contributed by atoms with Crippen molar-refractivity contribution < 1.29 is 68.1 Å². The highest BCUT2D eigenvalue weighted by Crippen LogP contribution is 2.23. The number of aliphatic hydroxyl groups is 2. The number of rotatable bonds is 32. The zero-order valence-electron chi connectivity index (χ0n) is 45.2. The molecule has 10 amide bonds. The van der Waals surface area contributed by atoms with Crippen molar-refractivity contribution in [2.24, 2.45) is 17.4 Å². The second kappa shape index (κ2) is 31.9. The molecule has 2 aliphatic heterocycles. The van der Waals surface area contributed by atoms with Crippen LogP contribution >= 0.6 is 23.5 Å². The van der Waals surface area contributed by atoms with Gasteiger partial charge in [-0.15, -0.1) is 0 Å². The van der Waals surface area contributed by atoms with Crippen LogP contribution in [-0.2, 0) is 59.2 Å². The van der Waals surface area contributed by atoms with Crippen LogP contribution in [0.4, 0.5) is 0 Å². The van der Waals surface area contributed by atoms with Gasteiger partial charge in [-0.1, -0.05) is 32.0 Å². The Morgan fingerprint density at radius 2 is 1.28 bits per heavy atom. The summed E-state index contributed by atoms with van der Waals surface area (Å²) in [6.07, 6.45) is 4.52. The maximum atomic E-state index is 14.1. The van der Waals surface area contributed by atoms with E-state index in [2.05, 4.69) is 42.2 Å². The third-order valence-electron chi connectivity index (χ3n) is 13.5. The van der Waals surface area contributed by atoms with E-state index in [1.165, 1.54) is 35.3 Å². The predicted molar refractivity (Wildman–Crippen MR) is 294 cm³/mol. The Balaban J connectivity index is 1.38. The number of hydrogen-bond acceptors (Lipinski definition) is 16. The Morgan fingerprint density at radius 1 is 0.709 bits per heavy atom. The number of carbonyl (C=O) groups excluding carboxylic acids is 10. The van der Waals surface area contributed by atoms with E-state index in [9.17, 15) is 68.1 Å². The minimum atomic E-state index is -1.73. The number of aromatic amines is 1. The third kappa shape index (κ3) is 19.4. The molecule has 1 aromatic heterocycles. The van der Waals surface area contributed by atoms with E-state index in [1.807, 2.05) is 30.5 Å². The molecular formula is C51H78N12O14S2. The Kier molecular flexibility index (Phi) is 26.3. The number of hydrogen-bond donors (Lipinski definition) is 13. The molecule has 438 valence electrons. The monoisotopic (exact) mass is 1150 g/mol. The quantitative estimate of drug-likeness (QED) is 0.0355. The summed E-state index contributed by atoms with van der Waals surface area (Å²) < 4.78 is 0. The number of carbonyl (C=O) groups is 11. The van der Waals surface area contributed by atoms with Gasteiger partial charge in [0.05, 0.1) is 25.3 Å². The van der Waals surface area contributed by atoms with E-state index in [4.69, 9.17) is 11.5 Å². The topological polar surface area (TPSA) is 407 Å². The number of aliphatic hydroxyl groups excluding tert-OH is 2. The molecule has 0 spiro atoms. The highest BCUT2D eigenvalue weighted by molar-refractivity contribution is 7.98. The number of amides is 10. The number of primary amides is 1. The van der Waals surface area contributed by atoms with Gasteiger partial charge in [-0.05, 0) is 106 Å². The van der Waals surface area contributed by atoms with E-state index in [1.54, 1.807) is 26.3 Å². The lowest BCUT2D eigenvalue weighted by Crippen LogP contribution is -2.62. The van der Waals surface area contributed by atoms with Crippen molar-refractivity contribution >= 4 is 99.5 Å². The number of fused-ring (bicyclic) bond motifs is 1. The van der Waals surface area contributed by atoms with Crippen LogP contribution in [-0.4, -0.2) is 206 Å². The van der Waals surface area contributed by atoms with Crippen LogP contribution in [0.15, 0.2) is 30.5 Å². The summed E-state index contributed by atoms with van der Waals surface area (Å²) in [6, 6.07) is -4.05. The van der Waals surface area contributed by atoms with Crippen molar-refractivity contribution in [1.29, 1.82) is 0 Å². The minimum Gasteiger partial charge on any atom is -0.481 e. The summed E-state index contributed by atoms with van der Waals surface area (Å²) in [5.74, 6) is -8.49. The van der Waals surface area contributed by atoms with E-state index in [0.717, 1.165) is 21.4 Å². The second-order valence-corrected chi connectivity index (χ2v) is 22.0. The molecule has 2 aromatic rings. The smallest absolute Gasteiger partial charge is 0.303 e. The molecule has 2 aliphatic rings. The molecule has 28 heteroatoms. The first-order valence-corrected chi connectivity index (χ1v) is 29.1. The van der Waals surface area contributed by atoms with E-state index in [-0.39, 0.29) is 51.1 Å². The van der Waals surface area contributed by atoms with E-state index < -0.39 is 152 Å². The first-order valence-electron chi connectivity index (χ1n) is 26.3. The first-order chi connectivity index (χ1) is 37.5. The van der Waals surface area contributed by atoms with Crippen LogP contribution in [0, 0.1) is 5.92 Å². The van der Waals surface area contributed by atoms with Gasteiger partial charge in [-0.25, -0.2) is 0 Å². The number of nitrogens with two attached hydrogens (primary N) is 2. The lowest BCUT2D eigenvalue weighted by molar-refractivity contribution is -0.145. The number of aliphatic carboxylic acids is 1. The summed E-state index contributed by atoms with van der Waals surface area (Å²) in [5.41, 5.74) is 13.4. The summed E-state index contributed by atoms with van der Waals surface area (Å²) in [7, 11) is 0. The van der Waals surface area contributed by atoms with Gasteiger partial charge >= 0.3 is 5.97 Å². The number of likely N-dealkylation sites (tertiary alicyclic amines) is 2. The summed E-state index contributed by atoms with van der Waals surface area (Å²) in [5, 5.41) is 49.0. The number of nitrogens with zero attached hydrogens (tertiary/aromatic N) is 2. The number of thioether (sulfide) groups is 2. The third-order valence-corrected chi connectivity index (χ3v) is 14.8. The number of nitrogens with one attached hydrogen (secondary N) is 8. The molecule has 1 aromatic carbocycles. The van der Waals surface area contributed by atoms with Crippen molar-refractivity contribution in [2.45, 2.75) is 145 Å². The van der Waals surface area contributed by atoms with Gasteiger partial charge in [-0.3, -0.25) is 52.7 Å². The van der Waals surface area contributed by atoms with E-state index >= 15 is 0 Å². The summed E-state index contributed by atoms with van der Waals surface area (Å²) >= 11 is 2.87. The number of benzene rings is 1. The predicted octanol–water partition coefficient (Wildman–Crippen LogP) is -2.68. The molecule has 0 aliphatic carbocycles. The van der Waals surface area contributed by atoms with Gasteiger partial charge in [0.15, 0.2) is 0 Å². The van der Waals surface area contributed by atoms with Crippen molar-refractivity contribution in [3.05, 3.63) is 36.0 Å². The molecule has 0 radical (unpaired) electrons. The number of H-pyrrole nitrogens is 1. The molecule has 0 bridgehead atoms. The minimum absolute atomic E-state index is 0.0478. The lowest BCUT2D eigenvalue weighted by atomic mass is 10.0. The standard InChI is InChI=1S/C51H78N12O14S2/c1-27(2)22-36(59-44(70)31(52)23-29-24-54-32-11-7-6-10-30(29)32)46(72)60-37(26-64)47(73)61-42(28(3)65)51(77)63-19-9-13-39(63)49(75)58-34(14-15-41(67)68)45(71)55-25-40(66)56-35(17-21-79-5)50(76)62-18-8-12-38(62)48(74)57-33(43(53)69)16-20-78-4/h6-7,10-11,24,27-28,31,33-39,42,54,64-65H,8-9,12-23,25-26,52H2,1-5H3,(H2,53,69)(H,55,71)(H,56,66)(H,57,74)(H,58,75)(H,59,70)(H,60,72)(H,61,73)(H,67,68)/t28-,31+,33+,34+,35+,36+,37+,38+,39+,42+/m1/s1. The van der Waals surface area contributed by atoms with Crippen molar-refractivity contribution in [3.8, 4) is 0 Å². The zero-order valence-corrected chi connectivity index (χ0v) is 46.9. The molecule has 15 N–H and O–H groups in total. The Hall–Kier alpha value is -6.49. The van der Waals surface area contributed by atoms with Crippen LogP contribution in [0.5, 0.6) is 0 Å². The molecule has 2 saturated heterocycles. The van der Waals surface area contributed by atoms with Crippen LogP contribution in [0.3, 0.4) is 0 Å². The summed E-state index contributed by atoms with van der Waals surface area (Å²) in [4.78, 5) is 152. The molecular weight excluding hydrogens is 1070 g/mol. The fourth-order valence-corrected chi connectivity index (χ4v) is 10.3. The zero-order chi connectivity index (χ0) is 58.5. The van der Waals surface area contributed by atoms with Gasteiger partial charge < -0.3 is 78.8 Å². The SMILES string of the molecule is CSCC[C@H](NC(=O)[C@@H]1CCCN1C(=O)[C@H](CCSC)NC(=O)CNC(=O)[C@H](CCC(=O)O)NC(=O)[C@@H]1CCCN1C(=O)[C@@H](NC(=O)[C@H](CO)NC(=O)[C@H](CC(C)C)NC(=O)[C@@H](N)Cc1c[nH]c2ccccc12)[C@@H](C)O)C(N)=O. The lowest BCUT2D eigenvalue weighted by Gasteiger charge is -2.31. The average molecular weight is 1150 g/mol. The highest BCUT2D eigenvalue weighted by atomic mass is 32.2. The maximum absolute atomic E-state index is 14.1. The van der Waals surface area contributed by atoms with E-state index in [0.29, 0.717) is 30.8 Å². The number of para-hydroxylation sites is 1. The first kappa shape index (κ1) is 65.0. The van der Waals surface area contributed by atoms with Crippen LogP contribution < -0.4 is 48.7 Å². The van der Waals surface area contributed by atoms with Gasteiger partial charge in [0.1, 0.15) is 48.3 Å². The average Bonchev–Trinajstić information content (AvgIpc) is 4.21. The van der Waals surface area contributed by atoms with Crippen LogP contribution in [0.1, 0.15) is 84.1 Å². The second-order valence-electron chi connectivity index (χ2n) is 20.1. The van der Waals surface area contributed by atoms with Crippen LogP contribution in [0.25, 0.3) is 10.9 Å². The molecule has 26 nitrogen and oxygen atoms in total. The molecule has 0 saturated carbocycles. The number of carboxylic acids is 1. The molecule has 2 fully saturated rings. The molecule has 79 heavy (non-hydrogen) atoms. The van der Waals surface area contributed by atoms with Crippen LogP contribution in [0.2, 0.25) is 0 Å². The highest BCUT2D eigenvalue weighted by Gasteiger charge is 2.42. The Bertz CT molecular complexity index is 2480. The fourth-order valence-electron chi connectivity index (χ4n) is 9.33. The van der Waals surface area contributed by atoms with Crippen molar-refractivity contribution in [3.63, 3.8) is 0 Å². The largest absolute Gasteiger partial charge is 0.481 e. The molecule has 4 rings (SSSR count). The van der Waals surface area contributed by atoms with Crippen molar-refractivity contribution in [1.82, 2.24) is 52.0 Å². The maximum Gasteiger partial charge on any atom is 0.303 e. The number of aromatic nitrogens is 1. The Morgan fingerprint density at radius 3 is 1.85 bits per heavy atom. The van der Waals surface area contributed by atoms with Gasteiger partial charge in [0.25, 0.3) is 0 Å². The summed E-state index contributed by atoms with van der Waals surface area (Å²) in [6.45, 7) is 3.27. The van der Waals surface area contributed by atoms with Gasteiger partial charge in [-0.2, -0.15) is 23.5 Å². The molecule has 10 atom stereocenters. The molecule has 3 heterocycles. The fraction of sp³-hybridized carbons (Fsp3) is 0.627. The Labute approximate surface area is 466 Å². The number of carboxylic acid groups (broad SMARTS) is 1. The normalized spacial score (nSPS) is 18.2. The van der Waals surface area contributed by atoms with Gasteiger partial charge in [0, 0.05) is 36.6 Å². The van der Waals surface area contributed by atoms with Crippen molar-refractivity contribution in [2.75, 3.05) is 50.3 Å². The van der Waals surface area contributed by atoms with Gasteiger partial charge in [0.2, 0.25) is 59.1 Å². The molecule has 0 unspecified atom stereocenters.